The molecule has 2 aromatic carbocycles. The molecular formula is C16H15FN2O2. The maximum atomic E-state index is 13.7. The van der Waals surface area contributed by atoms with E-state index in [-0.39, 0.29) is 11.5 Å². The van der Waals surface area contributed by atoms with Gasteiger partial charge in [0.2, 0.25) is 0 Å². The monoisotopic (exact) mass is 286 g/mol. The van der Waals surface area contributed by atoms with Gasteiger partial charge in [-0.25, -0.2) is 4.39 Å². The van der Waals surface area contributed by atoms with E-state index >= 15 is 0 Å². The minimum atomic E-state index is -0.841. The number of carbonyl (C=O) groups is 2. The molecular weight excluding hydrogens is 271 g/mol. The molecule has 2 amide bonds. The number of nitrogens with one attached hydrogen (secondary N) is 1. The van der Waals surface area contributed by atoms with E-state index in [1.807, 2.05) is 13.0 Å². The minimum Gasteiger partial charge on any atom is -0.366 e. The van der Waals surface area contributed by atoms with E-state index in [9.17, 15) is 14.0 Å². The Morgan fingerprint density at radius 2 is 1.86 bits per heavy atom. The highest BCUT2D eigenvalue weighted by atomic mass is 19.1. The second-order valence-corrected chi connectivity index (χ2v) is 4.83. The number of carbonyl (C=O) groups excluding carboxylic acids is 2. The van der Waals surface area contributed by atoms with E-state index < -0.39 is 11.7 Å². The Kier molecular flexibility index (Phi) is 4.03. The molecule has 0 aliphatic rings. The predicted octanol–water partition coefficient (Wildman–Crippen LogP) is 2.79. The van der Waals surface area contributed by atoms with Crippen LogP contribution in [0.3, 0.4) is 0 Å². The summed E-state index contributed by atoms with van der Waals surface area (Å²) in [6.07, 6.45) is 0. The van der Waals surface area contributed by atoms with Crippen molar-refractivity contribution in [1.29, 1.82) is 0 Å². The highest BCUT2D eigenvalue weighted by molar-refractivity contribution is 6.05. The fraction of sp³-hybridized carbons (Fsp3) is 0.125. The van der Waals surface area contributed by atoms with Crippen molar-refractivity contribution in [2.24, 2.45) is 5.73 Å². The van der Waals surface area contributed by atoms with E-state index in [1.54, 1.807) is 25.1 Å². The number of hydrogen-bond acceptors (Lipinski definition) is 2. The van der Waals surface area contributed by atoms with Crippen molar-refractivity contribution in [2.45, 2.75) is 13.8 Å². The summed E-state index contributed by atoms with van der Waals surface area (Å²) in [5.74, 6) is -1.94. The third kappa shape index (κ3) is 3.25. The summed E-state index contributed by atoms with van der Waals surface area (Å²) in [5, 5.41) is 2.63. The van der Waals surface area contributed by atoms with Crippen molar-refractivity contribution in [3.05, 3.63) is 64.5 Å². The second kappa shape index (κ2) is 5.75. The Bertz CT molecular complexity index is 726. The largest absolute Gasteiger partial charge is 0.366 e. The van der Waals surface area contributed by atoms with Gasteiger partial charge in [-0.2, -0.15) is 0 Å². The average Bonchev–Trinajstić information content (AvgIpc) is 2.42. The summed E-state index contributed by atoms with van der Waals surface area (Å²) >= 11 is 0. The molecule has 0 unspecified atom stereocenters. The zero-order valence-electron chi connectivity index (χ0n) is 11.7. The lowest BCUT2D eigenvalue weighted by Crippen LogP contribution is -2.16. The number of rotatable bonds is 3. The van der Waals surface area contributed by atoms with Crippen LogP contribution < -0.4 is 11.1 Å². The van der Waals surface area contributed by atoms with Gasteiger partial charge >= 0.3 is 0 Å². The van der Waals surface area contributed by atoms with Crippen LogP contribution in [0.2, 0.25) is 0 Å². The molecule has 0 bridgehead atoms. The summed E-state index contributed by atoms with van der Waals surface area (Å²) in [6, 6.07) is 9.48. The summed E-state index contributed by atoms with van der Waals surface area (Å²) in [5.41, 5.74) is 7.19. The van der Waals surface area contributed by atoms with E-state index in [4.69, 9.17) is 5.73 Å². The van der Waals surface area contributed by atoms with Crippen LogP contribution in [-0.2, 0) is 0 Å². The minimum absolute atomic E-state index is 0.193. The summed E-state index contributed by atoms with van der Waals surface area (Å²) < 4.78 is 13.7. The Labute approximate surface area is 121 Å². The van der Waals surface area contributed by atoms with E-state index in [1.165, 1.54) is 6.07 Å². The van der Waals surface area contributed by atoms with Crippen molar-refractivity contribution < 1.29 is 14.0 Å². The molecule has 0 atom stereocenters. The Morgan fingerprint density at radius 1 is 1.14 bits per heavy atom. The summed E-state index contributed by atoms with van der Waals surface area (Å²) in [6.45, 7) is 3.54. The molecule has 3 N–H and O–H groups in total. The fourth-order valence-electron chi connectivity index (χ4n) is 1.99. The first-order valence-electron chi connectivity index (χ1n) is 6.36. The molecule has 0 spiro atoms. The molecule has 0 radical (unpaired) electrons. The molecule has 2 aromatic rings. The first-order chi connectivity index (χ1) is 9.88. The number of anilines is 1. The molecule has 2 rings (SSSR count). The SMILES string of the molecule is Cc1cccc(C(=O)Nc2cc(F)c(C(N)=O)cc2C)c1. The first-order valence-corrected chi connectivity index (χ1v) is 6.36. The van der Waals surface area contributed by atoms with Gasteiger partial charge in [-0.05, 0) is 43.7 Å². The van der Waals surface area contributed by atoms with Crippen molar-refractivity contribution in [3.63, 3.8) is 0 Å². The molecule has 0 aliphatic heterocycles. The van der Waals surface area contributed by atoms with Crippen LogP contribution in [0.25, 0.3) is 0 Å². The molecule has 0 saturated heterocycles. The topological polar surface area (TPSA) is 72.2 Å². The van der Waals surface area contributed by atoms with Gasteiger partial charge in [-0.3, -0.25) is 9.59 Å². The summed E-state index contributed by atoms with van der Waals surface area (Å²) in [4.78, 5) is 23.2. The average molecular weight is 286 g/mol. The molecule has 0 fully saturated rings. The van der Waals surface area contributed by atoms with Crippen molar-refractivity contribution >= 4 is 17.5 Å². The predicted molar refractivity (Wildman–Crippen MR) is 78.8 cm³/mol. The standard InChI is InChI=1S/C16H15FN2O2/c1-9-4-3-5-11(6-9)16(21)19-14-8-13(17)12(15(18)20)7-10(14)2/h3-8H,1-2H3,(H2,18,20)(H,19,21). The molecule has 0 saturated carbocycles. The second-order valence-electron chi connectivity index (χ2n) is 4.83. The smallest absolute Gasteiger partial charge is 0.255 e. The molecule has 108 valence electrons. The number of primary amides is 1. The fourth-order valence-corrected chi connectivity index (χ4v) is 1.99. The van der Waals surface area contributed by atoms with Crippen LogP contribution in [-0.4, -0.2) is 11.8 Å². The number of nitrogens with two attached hydrogens (primary N) is 1. The van der Waals surface area contributed by atoms with Crippen molar-refractivity contribution in [3.8, 4) is 0 Å². The normalized spacial score (nSPS) is 10.2. The molecule has 0 aromatic heterocycles. The lowest BCUT2D eigenvalue weighted by Gasteiger charge is -2.10. The molecule has 4 nitrogen and oxygen atoms in total. The third-order valence-corrected chi connectivity index (χ3v) is 3.11. The van der Waals surface area contributed by atoms with Crippen LogP contribution in [0, 0.1) is 19.7 Å². The maximum absolute atomic E-state index is 13.7. The molecule has 21 heavy (non-hydrogen) atoms. The van der Waals surface area contributed by atoms with Crippen LogP contribution in [0.1, 0.15) is 31.8 Å². The molecule has 0 heterocycles. The third-order valence-electron chi connectivity index (χ3n) is 3.11. The first kappa shape index (κ1) is 14.7. The van der Waals surface area contributed by atoms with E-state index in [0.717, 1.165) is 11.6 Å². The van der Waals surface area contributed by atoms with Crippen LogP contribution in [0.5, 0.6) is 0 Å². The van der Waals surface area contributed by atoms with Gasteiger partial charge in [0.1, 0.15) is 5.82 Å². The van der Waals surface area contributed by atoms with Gasteiger partial charge in [0.25, 0.3) is 11.8 Å². The number of hydrogen-bond donors (Lipinski definition) is 2. The van der Waals surface area contributed by atoms with E-state index in [2.05, 4.69) is 5.32 Å². The van der Waals surface area contributed by atoms with Crippen molar-refractivity contribution in [1.82, 2.24) is 0 Å². The molecule has 5 heteroatoms. The zero-order chi connectivity index (χ0) is 15.6. The van der Waals surface area contributed by atoms with Gasteiger partial charge in [0.05, 0.1) is 5.56 Å². The Morgan fingerprint density at radius 3 is 2.48 bits per heavy atom. The summed E-state index contributed by atoms with van der Waals surface area (Å²) in [7, 11) is 0. The van der Waals surface area contributed by atoms with Crippen LogP contribution >= 0.6 is 0 Å². The molecule has 0 aliphatic carbocycles. The lowest BCUT2D eigenvalue weighted by molar-refractivity contribution is 0.0994. The number of halogens is 1. The number of benzene rings is 2. The van der Waals surface area contributed by atoms with Crippen LogP contribution in [0.15, 0.2) is 36.4 Å². The number of aryl methyl sites for hydroxylation is 2. The van der Waals surface area contributed by atoms with Gasteiger partial charge < -0.3 is 11.1 Å². The van der Waals surface area contributed by atoms with Gasteiger partial charge in [0, 0.05) is 11.3 Å². The zero-order valence-corrected chi connectivity index (χ0v) is 11.7. The van der Waals surface area contributed by atoms with Gasteiger partial charge in [0.15, 0.2) is 0 Å². The van der Waals surface area contributed by atoms with E-state index in [0.29, 0.717) is 16.8 Å². The van der Waals surface area contributed by atoms with Crippen LogP contribution in [0.4, 0.5) is 10.1 Å². The van der Waals surface area contributed by atoms with Crippen molar-refractivity contribution in [2.75, 3.05) is 5.32 Å². The Balaban J connectivity index is 2.30. The Hall–Kier alpha value is -2.69. The quantitative estimate of drug-likeness (QED) is 0.910. The lowest BCUT2D eigenvalue weighted by atomic mass is 10.1. The maximum Gasteiger partial charge on any atom is 0.255 e. The highest BCUT2D eigenvalue weighted by Crippen LogP contribution is 2.21. The highest BCUT2D eigenvalue weighted by Gasteiger charge is 2.14. The number of amides is 2. The van der Waals surface area contributed by atoms with Gasteiger partial charge in [-0.15, -0.1) is 0 Å². The van der Waals surface area contributed by atoms with Gasteiger partial charge in [-0.1, -0.05) is 17.7 Å².